The van der Waals surface area contributed by atoms with Crippen molar-refractivity contribution in [2.75, 3.05) is 13.9 Å². The van der Waals surface area contributed by atoms with Crippen molar-refractivity contribution in [1.29, 1.82) is 0 Å². The number of aliphatic carboxylic acids is 1. The largest absolute Gasteiger partial charge is 0.496 e. The fourth-order valence-corrected chi connectivity index (χ4v) is 5.09. The smallest absolute Gasteiger partial charge is 0.337 e. The first-order valence-corrected chi connectivity index (χ1v) is 12.0. The number of rotatable bonds is 10. The molecule has 0 amide bonds. The molecule has 2 aromatic heterocycles. The molecule has 11 heteroatoms. The van der Waals surface area contributed by atoms with Crippen molar-refractivity contribution >= 4 is 41.0 Å². The normalized spacial score (nSPS) is 12.7. The number of aromatic carboxylic acids is 1. The zero-order valence-electron chi connectivity index (χ0n) is 19.0. The lowest BCUT2D eigenvalue weighted by Gasteiger charge is -2.11. The van der Waals surface area contributed by atoms with Gasteiger partial charge in [-0.2, -0.15) is 5.10 Å². The molecule has 35 heavy (non-hydrogen) atoms. The van der Waals surface area contributed by atoms with Crippen molar-refractivity contribution in [3.63, 3.8) is 0 Å². The number of nitrogens with zero attached hydrogens (tertiary/aromatic N) is 2. The zero-order valence-corrected chi connectivity index (χ0v) is 20.6. The molecule has 2 N–H and O–H groups in total. The minimum atomic E-state index is -1.13. The van der Waals surface area contributed by atoms with Crippen molar-refractivity contribution in [1.82, 2.24) is 9.78 Å². The summed E-state index contributed by atoms with van der Waals surface area (Å²) in [5.41, 5.74) is 1.72. The zero-order chi connectivity index (χ0) is 25.1. The number of thiophene rings is 1. The Morgan fingerprint density at radius 3 is 2.66 bits per heavy atom. The van der Waals surface area contributed by atoms with E-state index in [9.17, 15) is 19.8 Å². The quantitative estimate of drug-likeness (QED) is 0.351. The van der Waals surface area contributed by atoms with Crippen LogP contribution in [0.4, 0.5) is 0 Å². The van der Waals surface area contributed by atoms with Gasteiger partial charge in [-0.3, -0.25) is 4.68 Å². The van der Waals surface area contributed by atoms with E-state index in [0.29, 0.717) is 49.8 Å². The molecule has 1 aromatic carbocycles. The van der Waals surface area contributed by atoms with Crippen LogP contribution in [0.5, 0.6) is 17.2 Å². The summed E-state index contributed by atoms with van der Waals surface area (Å²) in [5.74, 6) is -0.734. The molecular formula is C24H23ClN2O7S. The first-order chi connectivity index (χ1) is 16.8. The number of hydrogen-bond donors (Lipinski definition) is 2. The highest BCUT2D eigenvalue weighted by Gasteiger charge is 2.24. The maximum Gasteiger partial charge on any atom is 0.337 e. The van der Waals surface area contributed by atoms with Gasteiger partial charge in [-0.1, -0.05) is 24.9 Å². The molecular weight excluding hydrogens is 496 g/mol. The molecule has 1 aliphatic rings. The summed E-state index contributed by atoms with van der Waals surface area (Å²) in [5, 5.41) is 24.1. The monoisotopic (exact) mass is 518 g/mol. The van der Waals surface area contributed by atoms with Crippen LogP contribution in [-0.2, 0) is 17.8 Å². The van der Waals surface area contributed by atoms with Crippen LogP contribution < -0.4 is 14.2 Å². The number of benzene rings is 1. The predicted molar refractivity (Wildman–Crippen MR) is 131 cm³/mol. The molecule has 0 aliphatic carbocycles. The van der Waals surface area contributed by atoms with Gasteiger partial charge in [0.1, 0.15) is 5.75 Å². The molecule has 0 unspecified atom stereocenters. The molecule has 0 atom stereocenters. The number of aryl methyl sites for hydroxylation is 1. The van der Waals surface area contributed by atoms with E-state index in [1.807, 2.05) is 6.92 Å². The minimum Gasteiger partial charge on any atom is -0.496 e. The van der Waals surface area contributed by atoms with Crippen molar-refractivity contribution in [2.45, 2.75) is 32.7 Å². The Balaban J connectivity index is 1.81. The van der Waals surface area contributed by atoms with E-state index in [-0.39, 0.29) is 24.4 Å². The number of hydrogen-bond acceptors (Lipinski definition) is 7. The third-order valence-corrected chi connectivity index (χ3v) is 6.77. The molecule has 184 valence electrons. The van der Waals surface area contributed by atoms with Gasteiger partial charge in [-0.25, -0.2) is 9.59 Å². The van der Waals surface area contributed by atoms with Crippen LogP contribution in [0, 0.1) is 0 Å². The predicted octanol–water partition coefficient (Wildman–Crippen LogP) is 5.21. The molecule has 3 aromatic rings. The van der Waals surface area contributed by atoms with Crippen LogP contribution in [0.25, 0.3) is 16.6 Å². The molecule has 0 fully saturated rings. The summed E-state index contributed by atoms with van der Waals surface area (Å²) in [6.45, 7) is 2.67. The molecule has 0 radical (unpaired) electrons. The van der Waals surface area contributed by atoms with Gasteiger partial charge in [-0.15, -0.1) is 11.3 Å². The average Bonchev–Trinajstić information content (AvgIpc) is 3.54. The Hall–Kier alpha value is -3.50. The van der Waals surface area contributed by atoms with Crippen LogP contribution in [0.1, 0.15) is 41.3 Å². The number of halogens is 1. The molecule has 1 aliphatic heterocycles. The van der Waals surface area contributed by atoms with Gasteiger partial charge in [0, 0.05) is 35.7 Å². The highest BCUT2D eigenvalue weighted by atomic mass is 35.5. The SMILES string of the molecule is CCCCn1ncc(/C=C(\Cc2cc3c(cc2OC)OCO3)C(=O)O)c1-c1sc(Cl)cc1C(=O)O. The average molecular weight is 519 g/mol. The summed E-state index contributed by atoms with van der Waals surface area (Å²) >= 11 is 7.28. The van der Waals surface area contributed by atoms with Gasteiger partial charge in [-0.05, 0) is 24.6 Å². The van der Waals surface area contributed by atoms with Crippen molar-refractivity contribution < 1.29 is 34.0 Å². The second-order valence-corrected chi connectivity index (χ2v) is 9.48. The molecule has 0 spiro atoms. The summed E-state index contributed by atoms with van der Waals surface area (Å²) < 4.78 is 18.3. The number of carbonyl (C=O) groups is 2. The highest BCUT2D eigenvalue weighted by molar-refractivity contribution is 7.19. The number of unbranched alkanes of at least 4 members (excludes halogenated alkanes) is 1. The van der Waals surface area contributed by atoms with Gasteiger partial charge >= 0.3 is 11.9 Å². The number of fused-ring (bicyclic) bond motifs is 1. The minimum absolute atomic E-state index is 0.0334. The van der Waals surface area contributed by atoms with E-state index in [0.717, 1.165) is 24.2 Å². The maximum atomic E-state index is 12.2. The maximum absolute atomic E-state index is 12.2. The van der Waals surface area contributed by atoms with Crippen LogP contribution in [0.15, 0.2) is 30.0 Å². The standard InChI is InChI=1S/C24H23ClN2O7S/c1-3-4-5-27-21(22-16(24(30)31)9-20(25)35-22)15(11-26-27)7-14(23(28)29)6-13-8-18-19(34-12-33-18)10-17(13)32-2/h7-11H,3-6,12H2,1-2H3,(H,28,29)(H,30,31)/b14-7+. The van der Waals surface area contributed by atoms with Gasteiger partial charge in [0.25, 0.3) is 0 Å². The van der Waals surface area contributed by atoms with Gasteiger partial charge < -0.3 is 24.4 Å². The Morgan fingerprint density at radius 2 is 2.00 bits per heavy atom. The summed E-state index contributed by atoms with van der Waals surface area (Å²) in [6, 6.07) is 4.76. The fraction of sp³-hybridized carbons (Fsp3) is 0.292. The molecule has 4 rings (SSSR count). The Bertz CT molecular complexity index is 1310. The molecule has 0 bridgehead atoms. The van der Waals surface area contributed by atoms with Gasteiger partial charge in [0.2, 0.25) is 6.79 Å². The Labute approximate surface area is 210 Å². The third-order valence-electron chi connectivity index (χ3n) is 5.50. The number of ether oxygens (including phenoxy) is 3. The third kappa shape index (κ3) is 5.13. The first kappa shape index (κ1) is 24.6. The topological polar surface area (TPSA) is 120 Å². The van der Waals surface area contributed by atoms with Crippen LogP contribution in [0.2, 0.25) is 4.34 Å². The molecule has 0 saturated carbocycles. The van der Waals surface area contributed by atoms with Crippen LogP contribution in [-0.4, -0.2) is 45.8 Å². The van der Waals surface area contributed by atoms with Gasteiger partial charge in [0.05, 0.1) is 33.8 Å². The van der Waals surface area contributed by atoms with Crippen molar-refractivity contribution in [3.05, 3.63) is 51.0 Å². The van der Waals surface area contributed by atoms with E-state index in [4.69, 9.17) is 25.8 Å². The Morgan fingerprint density at radius 1 is 1.26 bits per heavy atom. The number of carboxylic acids is 2. The van der Waals surface area contributed by atoms with Gasteiger partial charge in [0.15, 0.2) is 11.5 Å². The number of aromatic nitrogens is 2. The first-order valence-electron chi connectivity index (χ1n) is 10.8. The van der Waals surface area contributed by atoms with Crippen LogP contribution >= 0.6 is 22.9 Å². The molecule has 0 saturated heterocycles. The lowest BCUT2D eigenvalue weighted by Crippen LogP contribution is -2.06. The van der Waals surface area contributed by atoms with E-state index in [2.05, 4.69) is 5.10 Å². The van der Waals surface area contributed by atoms with E-state index in [1.165, 1.54) is 19.3 Å². The summed E-state index contributed by atoms with van der Waals surface area (Å²) in [4.78, 5) is 24.5. The lowest BCUT2D eigenvalue weighted by molar-refractivity contribution is -0.132. The highest BCUT2D eigenvalue weighted by Crippen LogP contribution is 2.40. The fourth-order valence-electron chi connectivity index (χ4n) is 3.80. The van der Waals surface area contributed by atoms with E-state index >= 15 is 0 Å². The Kier molecular flexibility index (Phi) is 7.32. The van der Waals surface area contributed by atoms with E-state index < -0.39 is 11.9 Å². The summed E-state index contributed by atoms with van der Waals surface area (Å²) in [6.07, 6.45) is 4.82. The lowest BCUT2D eigenvalue weighted by atomic mass is 10.0. The van der Waals surface area contributed by atoms with Crippen molar-refractivity contribution in [3.8, 4) is 27.8 Å². The summed E-state index contributed by atoms with van der Waals surface area (Å²) in [7, 11) is 1.50. The molecule has 9 nitrogen and oxygen atoms in total. The number of carboxylic acid groups (broad SMARTS) is 2. The van der Waals surface area contributed by atoms with E-state index in [1.54, 1.807) is 23.0 Å². The van der Waals surface area contributed by atoms with Crippen LogP contribution in [0.3, 0.4) is 0 Å². The number of methoxy groups -OCH3 is 1. The second-order valence-electron chi connectivity index (χ2n) is 7.79. The second kappa shape index (κ2) is 10.4. The molecule has 3 heterocycles. The van der Waals surface area contributed by atoms with Crippen molar-refractivity contribution in [2.24, 2.45) is 0 Å².